The second-order valence-corrected chi connectivity index (χ2v) is 6.07. The molecule has 5 nitrogen and oxygen atoms in total. The topological polar surface area (TPSA) is 45.2 Å². The van der Waals surface area contributed by atoms with Crippen LogP contribution < -0.4 is 4.74 Å². The Kier molecular flexibility index (Phi) is 7.42. The number of aliphatic hydroxyl groups excluding tert-OH is 1. The molecule has 1 atom stereocenters. The molecule has 0 saturated carbocycles. The van der Waals surface area contributed by atoms with Crippen LogP contribution in [0.1, 0.15) is 0 Å². The summed E-state index contributed by atoms with van der Waals surface area (Å²) in [4.78, 5) is 4.58. The zero-order valence-electron chi connectivity index (χ0n) is 13.1. The molecule has 1 saturated heterocycles. The van der Waals surface area contributed by atoms with Crippen molar-refractivity contribution in [2.75, 3.05) is 59.6 Å². The number of halogens is 1. The lowest BCUT2D eigenvalue weighted by Crippen LogP contribution is -2.47. The molecule has 0 aliphatic carbocycles. The van der Waals surface area contributed by atoms with E-state index in [2.05, 4.69) is 16.8 Å². The molecule has 1 N–H and O–H groups in total. The van der Waals surface area contributed by atoms with Crippen LogP contribution in [0.4, 0.5) is 0 Å². The van der Waals surface area contributed by atoms with Gasteiger partial charge in [0, 0.05) is 37.7 Å². The second kappa shape index (κ2) is 9.33. The largest absolute Gasteiger partial charge is 0.491 e. The minimum absolute atomic E-state index is 0.344. The average Bonchev–Trinajstić information content (AvgIpc) is 2.51. The molecule has 6 heteroatoms. The van der Waals surface area contributed by atoms with Gasteiger partial charge >= 0.3 is 0 Å². The van der Waals surface area contributed by atoms with Crippen molar-refractivity contribution in [1.82, 2.24) is 9.80 Å². The van der Waals surface area contributed by atoms with Crippen molar-refractivity contribution >= 4 is 11.6 Å². The molecule has 0 amide bonds. The van der Waals surface area contributed by atoms with Gasteiger partial charge in [0.1, 0.15) is 12.4 Å². The lowest BCUT2D eigenvalue weighted by atomic mass is 10.3. The van der Waals surface area contributed by atoms with Gasteiger partial charge in [0.2, 0.25) is 0 Å². The summed E-state index contributed by atoms with van der Waals surface area (Å²) in [7, 11) is 2.12. The third kappa shape index (κ3) is 6.50. The van der Waals surface area contributed by atoms with Gasteiger partial charge in [-0.2, -0.15) is 0 Å². The van der Waals surface area contributed by atoms with Crippen LogP contribution in [0.2, 0.25) is 5.02 Å². The minimum atomic E-state index is -0.445. The maximum atomic E-state index is 9.98. The van der Waals surface area contributed by atoms with E-state index in [0.29, 0.717) is 31.4 Å². The van der Waals surface area contributed by atoms with Crippen molar-refractivity contribution in [3.63, 3.8) is 0 Å². The smallest absolute Gasteiger partial charge is 0.119 e. The Morgan fingerprint density at radius 1 is 1.14 bits per heavy atom. The Bertz CT molecular complexity index is 422. The van der Waals surface area contributed by atoms with Crippen LogP contribution in [0, 0.1) is 0 Å². The highest BCUT2D eigenvalue weighted by molar-refractivity contribution is 6.30. The quantitative estimate of drug-likeness (QED) is 0.730. The van der Waals surface area contributed by atoms with Gasteiger partial charge < -0.3 is 19.5 Å². The first-order chi connectivity index (χ1) is 10.6. The minimum Gasteiger partial charge on any atom is -0.491 e. The number of nitrogens with zero attached hydrogens (tertiary/aromatic N) is 2. The Hall–Kier alpha value is -0.850. The summed E-state index contributed by atoms with van der Waals surface area (Å²) in [6.07, 6.45) is -0.445. The molecule has 1 aromatic rings. The first-order valence-corrected chi connectivity index (χ1v) is 8.06. The Morgan fingerprint density at radius 3 is 2.50 bits per heavy atom. The highest BCUT2D eigenvalue weighted by Crippen LogP contribution is 2.15. The number of piperazine rings is 1. The third-order valence-corrected chi connectivity index (χ3v) is 3.94. The summed E-state index contributed by atoms with van der Waals surface area (Å²) >= 11 is 5.80. The molecule has 0 radical (unpaired) electrons. The third-order valence-electron chi connectivity index (χ3n) is 3.69. The van der Waals surface area contributed by atoms with Crippen LogP contribution in [0.3, 0.4) is 0 Å². The van der Waals surface area contributed by atoms with Crippen molar-refractivity contribution < 1.29 is 14.6 Å². The predicted molar refractivity (Wildman–Crippen MR) is 87.7 cm³/mol. The molecule has 0 unspecified atom stereocenters. The highest BCUT2D eigenvalue weighted by atomic mass is 35.5. The van der Waals surface area contributed by atoms with Gasteiger partial charge in [-0.05, 0) is 31.3 Å². The molecule has 0 bridgehead atoms. The molecular weight excluding hydrogens is 304 g/mol. The first-order valence-electron chi connectivity index (χ1n) is 7.68. The maximum Gasteiger partial charge on any atom is 0.119 e. The molecule has 1 aliphatic rings. The molecule has 22 heavy (non-hydrogen) atoms. The fraction of sp³-hybridized carbons (Fsp3) is 0.625. The van der Waals surface area contributed by atoms with Gasteiger partial charge in [0.25, 0.3) is 0 Å². The molecule has 124 valence electrons. The van der Waals surface area contributed by atoms with Crippen LogP contribution in [0.15, 0.2) is 24.3 Å². The van der Waals surface area contributed by atoms with Gasteiger partial charge in [-0.1, -0.05) is 11.6 Å². The van der Waals surface area contributed by atoms with E-state index in [1.165, 1.54) is 0 Å². The molecule has 1 aromatic carbocycles. The number of hydrogen-bond donors (Lipinski definition) is 1. The Balaban J connectivity index is 1.51. The fourth-order valence-electron chi connectivity index (χ4n) is 2.35. The summed E-state index contributed by atoms with van der Waals surface area (Å²) in [5.74, 6) is 0.769. The van der Waals surface area contributed by atoms with Crippen molar-refractivity contribution in [2.24, 2.45) is 0 Å². The number of β-amino-alcohol motifs (C(OH)–C–C–N with tert-alkyl or cyclic N) is 1. The van der Waals surface area contributed by atoms with Crippen LogP contribution >= 0.6 is 11.6 Å². The van der Waals surface area contributed by atoms with Crippen LogP contribution in [-0.4, -0.2) is 80.6 Å². The second-order valence-electron chi connectivity index (χ2n) is 5.64. The van der Waals surface area contributed by atoms with E-state index < -0.39 is 6.10 Å². The standard InChI is InChI=1S/C16H25ClN2O3/c1-18-6-8-19(9-7-18)12-15(20)13-21-10-11-22-16-4-2-14(17)3-5-16/h2-5,15,20H,6-13H2,1H3/t15-/m1/s1. The number of aliphatic hydroxyl groups is 1. The number of rotatable bonds is 8. The van der Waals surface area contributed by atoms with E-state index in [1.54, 1.807) is 12.1 Å². The Morgan fingerprint density at radius 2 is 1.82 bits per heavy atom. The predicted octanol–water partition coefficient (Wildman–Crippen LogP) is 1.34. The van der Waals surface area contributed by atoms with E-state index in [1.807, 2.05) is 12.1 Å². The van der Waals surface area contributed by atoms with E-state index in [-0.39, 0.29) is 0 Å². The van der Waals surface area contributed by atoms with Crippen molar-refractivity contribution in [1.29, 1.82) is 0 Å². The van der Waals surface area contributed by atoms with Crippen LogP contribution in [-0.2, 0) is 4.74 Å². The van der Waals surface area contributed by atoms with Gasteiger partial charge in [0.15, 0.2) is 0 Å². The summed E-state index contributed by atoms with van der Waals surface area (Å²) in [6, 6.07) is 7.23. The normalized spacial score (nSPS) is 18.3. The molecule has 1 fully saturated rings. The number of likely N-dealkylation sites (N-methyl/N-ethyl adjacent to an activating group) is 1. The lowest BCUT2D eigenvalue weighted by molar-refractivity contribution is 0.00150. The summed E-state index contributed by atoms with van der Waals surface area (Å²) in [5, 5.41) is 10.7. The van der Waals surface area contributed by atoms with Gasteiger partial charge in [0.05, 0.1) is 19.3 Å². The highest BCUT2D eigenvalue weighted by Gasteiger charge is 2.16. The first kappa shape index (κ1) is 17.5. The molecule has 1 heterocycles. The molecule has 0 spiro atoms. The zero-order valence-corrected chi connectivity index (χ0v) is 13.8. The van der Waals surface area contributed by atoms with Gasteiger partial charge in [-0.3, -0.25) is 4.90 Å². The average molecular weight is 329 g/mol. The number of ether oxygens (including phenoxy) is 2. The molecule has 1 aliphatic heterocycles. The summed E-state index contributed by atoms with van der Waals surface area (Å²) in [5.41, 5.74) is 0. The maximum absolute atomic E-state index is 9.98. The Labute approximate surface area is 137 Å². The summed E-state index contributed by atoms with van der Waals surface area (Å²) in [6.45, 7) is 6.07. The monoisotopic (exact) mass is 328 g/mol. The van der Waals surface area contributed by atoms with Crippen molar-refractivity contribution in [3.8, 4) is 5.75 Å². The van der Waals surface area contributed by atoms with Crippen LogP contribution in [0.25, 0.3) is 0 Å². The SMILES string of the molecule is CN1CCN(C[C@@H](O)COCCOc2ccc(Cl)cc2)CC1. The zero-order chi connectivity index (χ0) is 15.8. The molecular formula is C16H25ClN2O3. The van der Waals surface area contributed by atoms with Gasteiger partial charge in [-0.25, -0.2) is 0 Å². The molecule has 0 aromatic heterocycles. The van der Waals surface area contributed by atoms with E-state index in [4.69, 9.17) is 21.1 Å². The van der Waals surface area contributed by atoms with Crippen molar-refractivity contribution in [3.05, 3.63) is 29.3 Å². The lowest BCUT2D eigenvalue weighted by Gasteiger charge is -2.33. The van der Waals surface area contributed by atoms with Crippen LogP contribution in [0.5, 0.6) is 5.75 Å². The molecule has 2 rings (SSSR count). The number of benzene rings is 1. The van der Waals surface area contributed by atoms with Gasteiger partial charge in [-0.15, -0.1) is 0 Å². The van der Waals surface area contributed by atoms with E-state index in [0.717, 1.165) is 31.9 Å². The fourth-order valence-corrected chi connectivity index (χ4v) is 2.48. The summed E-state index contributed by atoms with van der Waals surface area (Å²) < 4.78 is 11.0. The number of hydrogen-bond acceptors (Lipinski definition) is 5. The van der Waals surface area contributed by atoms with E-state index >= 15 is 0 Å². The van der Waals surface area contributed by atoms with E-state index in [9.17, 15) is 5.11 Å². The van der Waals surface area contributed by atoms with Crippen molar-refractivity contribution in [2.45, 2.75) is 6.10 Å².